The van der Waals surface area contributed by atoms with Gasteiger partial charge in [0.25, 0.3) is 0 Å². The fraction of sp³-hybridized carbons (Fsp3) is 0.500. The van der Waals surface area contributed by atoms with E-state index in [9.17, 15) is 4.79 Å². The van der Waals surface area contributed by atoms with E-state index in [-0.39, 0.29) is 11.9 Å². The van der Waals surface area contributed by atoms with Crippen LogP contribution in [0.4, 0.5) is 5.69 Å². The molecule has 0 aliphatic carbocycles. The number of rotatable bonds is 6. The number of para-hydroxylation sites is 1. The summed E-state index contributed by atoms with van der Waals surface area (Å²) in [6.07, 6.45) is 2.14. The van der Waals surface area contributed by atoms with E-state index in [2.05, 4.69) is 23.6 Å². The van der Waals surface area contributed by atoms with E-state index in [0.717, 1.165) is 18.5 Å². The van der Waals surface area contributed by atoms with Crippen LogP contribution < -0.4 is 10.6 Å². The molecule has 0 aromatic heterocycles. The molecular weight excluding hydrogens is 212 g/mol. The van der Waals surface area contributed by atoms with E-state index >= 15 is 0 Å². The lowest BCUT2D eigenvalue weighted by molar-refractivity contribution is -0.121. The van der Waals surface area contributed by atoms with E-state index in [4.69, 9.17) is 0 Å². The summed E-state index contributed by atoms with van der Waals surface area (Å²) in [4.78, 5) is 11.6. The van der Waals surface area contributed by atoms with Crippen LogP contribution in [-0.4, -0.2) is 18.5 Å². The molecule has 0 saturated carbocycles. The van der Waals surface area contributed by atoms with Gasteiger partial charge < -0.3 is 10.6 Å². The van der Waals surface area contributed by atoms with Crippen molar-refractivity contribution in [3.8, 4) is 0 Å². The predicted octanol–water partition coefficient (Wildman–Crippen LogP) is 2.58. The summed E-state index contributed by atoms with van der Waals surface area (Å²) in [6.45, 7) is 6.63. The van der Waals surface area contributed by atoms with Crippen LogP contribution in [-0.2, 0) is 11.2 Å². The van der Waals surface area contributed by atoms with Gasteiger partial charge in [-0.2, -0.15) is 0 Å². The molecule has 0 heterocycles. The Labute approximate surface area is 104 Å². The second-order valence-corrected chi connectivity index (χ2v) is 4.17. The number of hydrogen-bond donors (Lipinski definition) is 2. The summed E-state index contributed by atoms with van der Waals surface area (Å²) < 4.78 is 0. The SMILES string of the molecule is CCCc1ccccc1NC(C)C(=O)NCC. The Bertz CT molecular complexity index is 363. The van der Waals surface area contributed by atoms with Crippen LogP contribution in [0.15, 0.2) is 24.3 Å². The topological polar surface area (TPSA) is 41.1 Å². The third kappa shape index (κ3) is 4.10. The Morgan fingerprint density at radius 3 is 2.65 bits per heavy atom. The van der Waals surface area contributed by atoms with Gasteiger partial charge in [0.15, 0.2) is 0 Å². The molecule has 3 heteroatoms. The molecule has 1 unspecified atom stereocenters. The lowest BCUT2D eigenvalue weighted by atomic mass is 10.1. The molecule has 0 fully saturated rings. The molecule has 0 bridgehead atoms. The number of carbonyl (C=O) groups is 1. The number of aryl methyl sites for hydroxylation is 1. The van der Waals surface area contributed by atoms with E-state index < -0.39 is 0 Å². The Morgan fingerprint density at radius 1 is 1.29 bits per heavy atom. The first-order valence-corrected chi connectivity index (χ1v) is 6.31. The van der Waals surface area contributed by atoms with Gasteiger partial charge in [0.2, 0.25) is 5.91 Å². The van der Waals surface area contributed by atoms with Crippen LogP contribution in [0, 0.1) is 0 Å². The molecule has 0 saturated heterocycles. The summed E-state index contributed by atoms with van der Waals surface area (Å²) in [7, 11) is 0. The van der Waals surface area contributed by atoms with Gasteiger partial charge in [0.1, 0.15) is 6.04 Å². The van der Waals surface area contributed by atoms with E-state index in [0.29, 0.717) is 6.54 Å². The third-order valence-corrected chi connectivity index (χ3v) is 2.65. The molecule has 0 aliphatic rings. The number of amides is 1. The molecule has 2 N–H and O–H groups in total. The lowest BCUT2D eigenvalue weighted by Gasteiger charge is -2.17. The van der Waals surface area contributed by atoms with Crippen LogP contribution in [0.5, 0.6) is 0 Å². The van der Waals surface area contributed by atoms with Crippen molar-refractivity contribution in [3.05, 3.63) is 29.8 Å². The van der Waals surface area contributed by atoms with Gasteiger partial charge in [-0.1, -0.05) is 31.5 Å². The quantitative estimate of drug-likeness (QED) is 0.794. The molecule has 1 atom stereocenters. The van der Waals surface area contributed by atoms with Crippen molar-refractivity contribution in [1.29, 1.82) is 0 Å². The lowest BCUT2D eigenvalue weighted by Crippen LogP contribution is -2.37. The van der Waals surface area contributed by atoms with Crippen molar-refractivity contribution >= 4 is 11.6 Å². The van der Waals surface area contributed by atoms with Crippen LogP contribution in [0.25, 0.3) is 0 Å². The standard InChI is InChI=1S/C14H22N2O/c1-4-8-12-9-6-7-10-13(12)16-11(3)14(17)15-5-2/h6-7,9-11,16H,4-5,8H2,1-3H3,(H,15,17). The second kappa shape index (κ2) is 6.94. The Kier molecular flexibility index (Phi) is 5.53. The molecule has 0 aliphatic heterocycles. The van der Waals surface area contributed by atoms with Crippen LogP contribution in [0.3, 0.4) is 0 Å². The normalized spacial score (nSPS) is 11.9. The minimum atomic E-state index is -0.201. The van der Waals surface area contributed by atoms with Gasteiger partial charge >= 0.3 is 0 Å². The molecule has 0 radical (unpaired) electrons. The fourth-order valence-electron chi connectivity index (χ4n) is 1.77. The second-order valence-electron chi connectivity index (χ2n) is 4.17. The zero-order chi connectivity index (χ0) is 12.7. The van der Waals surface area contributed by atoms with E-state index in [1.54, 1.807) is 0 Å². The highest BCUT2D eigenvalue weighted by molar-refractivity contribution is 5.84. The van der Waals surface area contributed by atoms with Crippen LogP contribution in [0.2, 0.25) is 0 Å². The molecule has 3 nitrogen and oxygen atoms in total. The zero-order valence-corrected chi connectivity index (χ0v) is 10.9. The third-order valence-electron chi connectivity index (χ3n) is 2.65. The summed E-state index contributed by atoms with van der Waals surface area (Å²) in [5.74, 6) is 0.0406. The van der Waals surface area contributed by atoms with Crippen molar-refractivity contribution in [3.63, 3.8) is 0 Å². The van der Waals surface area contributed by atoms with E-state index in [1.165, 1.54) is 5.56 Å². The van der Waals surface area contributed by atoms with Gasteiger partial charge in [0, 0.05) is 12.2 Å². The average molecular weight is 234 g/mol. The summed E-state index contributed by atoms with van der Waals surface area (Å²) in [5.41, 5.74) is 2.33. The molecule has 94 valence electrons. The van der Waals surface area contributed by atoms with Gasteiger partial charge in [-0.05, 0) is 31.9 Å². The highest BCUT2D eigenvalue weighted by atomic mass is 16.2. The van der Waals surface area contributed by atoms with E-state index in [1.807, 2.05) is 32.0 Å². The molecule has 1 rings (SSSR count). The number of nitrogens with one attached hydrogen (secondary N) is 2. The maximum absolute atomic E-state index is 11.6. The Balaban J connectivity index is 2.70. The molecule has 1 aromatic carbocycles. The molecule has 1 amide bonds. The molecule has 0 spiro atoms. The summed E-state index contributed by atoms with van der Waals surface area (Å²) in [5, 5.41) is 6.08. The zero-order valence-electron chi connectivity index (χ0n) is 10.9. The smallest absolute Gasteiger partial charge is 0.242 e. The van der Waals surface area contributed by atoms with Gasteiger partial charge in [0.05, 0.1) is 0 Å². The number of benzene rings is 1. The monoisotopic (exact) mass is 234 g/mol. The Hall–Kier alpha value is -1.51. The number of carbonyl (C=O) groups excluding carboxylic acids is 1. The largest absolute Gasteiger partial charge is 0.374 e. The first-order valence-electron chi connectivity index (χ1n) is 6.31. The predicted molar refractivity (Wildman–Crippen MR) is 72.2 cm³/mol. The van der Waals surface area contributed by atoms with Crippen molar-refractivity contribution in [2.24, 2.45) is 0 Å². The van der Waals surface area contributed by atoms with Gasteiger partial charge in [-0.25, -0.2) is 0 Å². The van der Waals surface area contributed by atoms with Gasteiger partial charge in [-0.3, -0.25) is 4.79 Å². The van der Waals surface area contributed by atoms with Crippen LogP contribution >= 0.6 is 0 Å². The van der Waals surface area contributed by atoms with Gasteiger partial charge in [-0.15, -0.1) is 0 Å². The minimum absolute atomic E-state index is 0.0406. The number of hydrogen-bond acceptors (Lipinski definition) is 2. The van der Waals surface area contributed by atoms with Crippen molar-refractivity contribution < 1.29 is 4.79 Å². The van der Waals surface area contributed by atoms with Crippen molar-refractivity contribution in [1.82, 2.24) is 5.32 Å². The maximum atomic E-state index is 11.6. The number of anilines is 1. The highest BCUT2D eigenvalue weighted by Crippen LogP contribution is 2.17. The number of likely N-dealkylation sites (N-methyl/N-ethyl adjacent to an activating group) is 1. The maximum Gasteiger partial charge on any atom is 0.242 e. The summed E-state index contributed by atoms with van der Waals surface area (Å²) in [6, 6.07) is 7.96. The molecular formula is C14H22N2O. The fourth-order valence-corrected chi connectivity index (χ4v) is 1.77. The molecule has 1 aromatic rings. The minimum Gasteiger partial charge on any atom is -0.374 e. The Morgan fingerprint density at radius 2 is 2.00 bits per heavy atom. The van der Waals surface area contributed by atoms with Crippen LogP contribution in [0.1, 0.15) is 32.8 Å². The molecule has 17 heavy (non-hydrogen) atoms. The first-order chi connectivity index (χ1) is 8.19. The van der Waals surface area contributed by atoms with Crippen molar-refractivity contribution in [2.45, 2.75) is 39.7 Å². The summed E-state index contributed by atoms with van der Waals surface area (Å²) >= 11 is 0. The highest BCUT2D eigenvalue weighted by Gasteiger charge is 2.12. The van der Waals surface area contributed by atoms with Crippen molar-refractivity contribution in [2.75, 3.05) is 11.9 Å². The average Bonchev–Trinajstić information content (AvgIpc) is 2.32. The first kappa shape index (κ1) is 13.6.